The third kappa shape index (κ3) is 2.38. The molecule has 0 fully saturated rings. The summed E-state index contributed by atoms with van der Waals surface area (Å²) in [6.45, 7) is 12.0. The molecule has 0 amide bonds. The largest absolute Gasteiger partial charge is 0.349 e. The molecule has 2 rings (SSSR count). The van der Waals surface area contributed by atoms with Gasteiger partial charge in [0.15, 0.2) is 0 Å². The minimum Gasteiger partial charge on any atom is -0.349 e. The average molecular weight is 194 g/mol. The fourth-order valence-corrected chi connectivity index (χ4v) is 1.78. The van der Waals surface area contributed by atoms with Gasteiger partial charge in [-0.25, -0.2) is 0 Å². The number of rotatable bonds is 1. The molecule has 2 heteroatoms. The van der Waals surface area contributed by atoms with Crippen LogP contribution in [0.3, 0.4) is 0 Å². The van der Waals surface area contributed by atoms with Crippen molar-refractivity contribution in [3.05, 3.63) is 24.0 Å². The first-order valence-electron chi connectivity index (χ1n) is 5.65. The van der Waals surface area contributed by atoms with Crippen LogP contribution in [-0.4, -0.2) is 22.1 Å². The molecule has 0 aromatic carbocycles. The summed E-state index contributed by atoms with van der Waals surface area (Å²) in [5.74, 6) is 0. The predicted octanol–water partition coefficient (Wildman–Crippen LogP) is 2.74. The summed E-state index contributed by atoms with van der Waals surface area (Å²) < 4.78 is 2.35. The number of hydrogen-bond acceptors (Lipinski definition) is 1. The first-order valence-corrected chi connectivity index (χ1v) is 5.65. The Morgan fingerprint density at radius 2 is 1.93 bits per heavy atom. The van der Waals surface area contributed by atoms with E-state index >= 15 is 0 Å². The Morgan fingerprint density at radius 3 is 2.57 bits per heavy atom. The molecular formula is C12H22N2. The van der Waals surface area contributed by atoms with Gasteiger partial charge in [0.2, 0.25) is 0 Å². The van der Waals surface area contributed by atoms with Crippen molar-refractivity contribution in [3.8, 4) is 0 Å². The van der Waals surface area contributed by atoms with Crippen molar-refractivity contribution in [1.29, 1.82) is 0 Å². The maximum absolute atomic E-state index is 2.51. The van der Waals surface area contributed by atoms with E-state index in [1.54, 1.807) is 0 Å². The normalized spacial score (nSPS) is 16.1. The second-order valence-corrected chi connectivity index (χ2v) is 3.76. The summed E-state index contributed by atoms with van der Waals surface area (Å²) in [6.07, 6.45) is 2.17. The lowest BCUT2D eigenvalue weighted by molar-refractivity contribution is 0.177. The zero-order valence-electron chi connectivity index (χ0n) is 9.83. The Morgan fingerprint density at radius 1 is 1.21 bits per heavy atom. The highest BCUT2D eigenvalue weighted by molar-refractivity contribution is 5.09. The molecule has 0 spiro atoms. The van der Waals surface area contributed by atoms with Crippen LogP contribution in [0.1, 0.15) is 33.4 Å². The van der Waals surface area contributed by atoms with Gasteiger partial charge in [0.05, 0.1) is 0 Å². The fraction of sp³-hybridized carbons (Fsp3) is 0.667. The molecule has 0 bridgehead atoms. The van der Waals surface area contributed by atoms with Gasteiger partial charge in [-0.3, -0.25) is 4.90 Å². The van der Waals surface area contributed by atoms with Crippen LogP contribution in [0.2, 0.25) is 0 Å². The maximum Gasteiger partial charge on any atom is 0.0390 e. The van der Waals surface area contributed by atoms with Crippen molar-refractivity contribution in [1.82, 2.24) is 9.47 Å². The molecular weight excluding hydrogens is 172 g/mol. The van der Waals surface area contributed by atoms with Gasteiger partial charge in [0.1, 0.15) is 0 Å². The molecule has 80 valence electrons. The Kier molecular flexibility index (Phi) is 4.21. The lowest BCUT2D eigenvalue weighted by Gasteiger charge is -2.31. The first kappa shape index (κ1) is 11.3. The van der Waals surface area contributed by atoms with Gasteiger partial charge in [-0.15, -0.1) is 0 Å². The van der Waals surface area contributed by atoms with Crippen LogP contribution in [0.4, 0.5) is 0 Å². The summed E-state index contributed by atoms with van der Waals surface area (Å²) >= 11 is 0. The Balaban J connectivity index is 0.000000461. The van der Waals surface area contributed by atoms with Crippen LogP contribution in [0.5, 0.6) is 0 Å². The third-order valence-electron chi connectivity index (χ3n) is 2.65. The van der Waals surface area contributed by atoms with E-state index in [2.05, 4.69) is 41.6 Å². The van der Waals surface area contributed by atoms with Crippen molar-refractivity contribution >= 4 is 0 Å². The SMILES string of the molecule is CC.CC(C)N1CCn2cccc2C1. The molecule has 0 aliphatic carbocycles. The second kappa shape index (κ2) is 5.20. The molecule has 1 aromatic rings. The number of fused-ring (bicyclic) bond motifs is 1. The number of aromatic nitrogens is 1. The van der Waals surface area contributed by atoms with Crippen molar-refractivity contribution in [2.24, 2.45) is 0 Å². The van der Waals surface area contributed by atoms with E-state index in [4.69, 9.17) is 0 Å². The highest BCUT2D eigenvalue weighted by Gasteiger charge is 2.16. The van der Waals surface area contributed by atoms with Crippen LogP contribution in [0, 0.1) is 0 Å². The van der Waals surface area contributed by atoms with Gasteiger partial charge in [0, 0.05) is 37.6 Å². The summed E-state index contributed by atoms with van der Waals surface area (Å²) in [7, 11) is 0. The van der Waals surface area contributed by atoms with Gasteiger partial charge in [0.25, 0.3) is 0 Å². The Hall–Kier alpha value is -0.760. The summed E-state index contributed by atoms with van der Waals surface area (Å²) in [4.78, 5) is 2.51. The Bertz CT molecular complexity index is 263. The second-order valence-electron chi connectivity index (χ2n) is 3.76. The van der Waals surface area contributed by atoms with E-state index < -0.39 is 0 Å². The molecule has 1 aromatic heterocycles. The molecule has 0 N–H and O–H groups in total. The minimum atomic E-state index is 0.675. The summed E-state index contributed by atoms with van der Waals surface area (Å²) in [5.41, 5.74) is 1.45. The monoisotopic (exact) mass is 194 g/mol. The molecule has 0 radical (unpaired) electrons. The van der Waals surface area contributed by atoms with Crippen LogP contribution < -0.4 is 0 Å². The van der Waals surface area contributed by atoms with Gasteiger partial charge >= 0.3 is 0 Å². The third-order valence-corrected chi connectivity index (χ3v) is 2.65. The van der Waals surface area contributed by atoms with Gasteiger partial charge < -0.3 is 4.57 Å². The molecule has 2 heterocycles. The van der Waals surface area contributed by atoms with Crippen molar-refractivity contribution in [2.45, 2.75) is 46.8 Å². The topological polar surface area (TPSA) is 8.17 Å². The summed E-state index contributed by atoms with van der Waals surface area (Å²) in [6, 6.07) is 5.03. The van der Waals surface area contributed by atoms with E-state index in [0.717, 1.165) is 13.1 Å². The lowest BCUT2D eigenvalue weighted by atomic mass is 10.2. The highest BCUT2D eigenvalue weighted by Crippen LogP contribution is 2.14. The molecule has 14 heavy (non-hydrogen) atoms. The van der Waals surface area contributed by atoms with Crippen LogP contribution in [0.15, 0.2) is 18.3 Å². The molecule has 1 aliphatic rings. The fourth-order valence-electron chi connectivity index (χ4n) is 1.78. The van der Waals surface area contributed by atoms with Crippen molar-refractivity contribution in [3.63, 3.8) is 0 Å². The molecule has 0 saturated carbocycles. The van der Waals surface area contributed by atoms with E-state index in [1.165, 1.54) is 12.2 Å². The number of hydrogen-bond donors (Lipinski definition) is 0. The standard InChI is InChI=1S/C10H16N2.C2H6/c1-9(2)12-7-6-11-5-3-4-10(11)8-12;1-2/h3-5,9H,6-8H2,1-2H3;1-2H3. The quantitative estimate of drug-likeness (QED) is 0.667. The van der Waals surface area contributed by atoms with E-state index in [-0.39, 0.29) is 0 Å². The van der Waals surface area contributed by atoms with Crippen LogP contribution >= 0.6 is 0 Å². The lowest BCUT2D eigenvalue weighted by Crippen LogP contribution is -2.37. The molecule has 0 unspecified atom stereocenters. The van der Waals surface area contributed by atoms with E-state index in [9.17, 15) is 0 Å². The maximum atomic E-state index is 2.51. The average Bonchev–Trinajstić information content (AvgIpc) is 2.67. The molecule has 1 aliphatic heterocycles. The number of nitrogens with zero attached hydrogens (tertiary/aromatic N) is 2. The molecule has 0 saturated heterocycles. The zero-order valence-corrected chi connectivity index (χ0v) is 9.83. The Labute approximate surface area is 87.5 Å². The summed E-state index contributed by atoms with van der Waals surface area (Å²) in [5, 5.41) is 0. The van der Waals surface area contributed by atoms with Crippen LogP contribution in [-0.2, 0) is 13.1 Å². The minimum absolute atomic E-state index is 0.675. The van der Waals surface area contributed by atoms with Crippen molar-refractivity contribution in [2.75, 3.05) is 6.54 Å². The van der Waals surface area contributed by atoms with Gasteiger partial charge in [-0.1, -0.05) is 13.8 Å². The predicted molar refractivity (Wildman–Crippen MR) is 61.3 cm³/mol. The molecule has 2 nitrogen and oxygen atoms in total. The smallest absolute Gasteiger partial charge is 0.0390 e. The van der Waals surface area contributed by atoms with Gasteiger partial charge in [-0.2, -0.15) is 0 Å². The van der Waals surface area contributed by atoms with Crippen LogP contribution in [0.25, 0.3) is 0 Å². The zero-order chi connectivity index (χ0) is 10.6. The van der Waals surface area contributed by atoms with E-state index in [0.29, 0.717) is 6.04 Å². The molecule has 0 atom stereocenters. The van der Waals surface area contributed by atoms with E-state index in [1.807, 2.05) is 13.8 Å². The van der Waals surface area contributed by atoms with Gasteiger partial charge in [-0.05, 0) is 26.0 Å². The first-order chi connectivity index (χ1) is 6.77. The highest BCUT2D eigenvalue weighted by atomic mass is 15.2. The van der Waals surface area contributed by atoms with Crippen molar-refractivity contribution < 1.29 is 0 Å².